The lowest BCUT2D eigenvalue weighted by atomic mass is 10.2. The number of nitrogens with zero attached hydrogens (tertiary/aromatic N) is 3. The number of hydrogen-bond donors (Lipinski definition) is 2. The standard InChI is InChI=1S/C16H17N5O2S/c1-10-9-24-13(18-10)8-17-15(22)14-19-11(2)16(23)21(20-14)12-6-4-3-5-7-12/h3-7,9,11H,8H2,1-2H3,(H,17,22)(H,19,20)/t11-/m0/s1. The van der Waals surface area contributed by atoms with Crippen LogP contribution < -0.4 is 15.8 Å². The Hall–Kier alpha value is -2.74. The van der Waals surface area contributed by atoms with Crippen molar-refractivity contribution in [3.63, 3.8) is 0 Å². The van der Waals surface area contributed by atoms with E-state index >= 15 is 0 Å². The first kappa shape index (κ1) is 16.1. The normalized spacial score (nSPS) is 17.2. The SMILES string of the molecule is Cc1csc(CNC(=O)C2=N[C@@H](C)C(=O)N(c3ccccc3)N2)n1. The zero-order valence-electron chi connectivity index (χ0n) is 13.3. The summed E-state index contributed by atoms with van der Waals surface area (Å²) in [4.78, 5) is 33.1. The summed E-state index contributed by atoms with van der Waals surface area (Å²) in [6, 6.07) is 8.46. The number of aryl methyl sites for hydroxylation is 1. The molecule has 2 N–H and O–H groups in total. The number of aliphatic imine (C=N–C) groups is 1. The second kappa shape index (κ2) is 6.79. The molecule has 1 atom stereocenters. The first-order chi connectivity index (χ1) is 11.5. The first-order valence-electron chi connectivity index (χ1n) is 7.47. The summed E-state index contributed by atoms with van der Waals surface area (Å²) in [5, 5.41) is 6.86. The number of aromatic nitrogens is 1. The van der Waals surface area contributed by atoms with Crippen molar-refractivity contribution in [3.05, 3.63) is 46.4 Å². The van der Waals surface area contributed by atoms with E-state index in [4.69, 9.17) is 0 Å². The van der Waals surface area contributed by atoms with Crippen LogP contribution in [-0.2, 0) is 16.1 Å². The third-order valence-electron chi connectivity index (χ3n) is 3.41. The minimum Gasteiger partial charge on any atom is -0.343 e. The third-order valence-corrected chi connectivity index (χ3v) is 4.38. The molecule has 124 valence electrons. The monoisotopic (exact) mass is 343 g/mol. The Bertz CT molecular complexity index is 787. The minimum absolute atomic E-state index is 0.110. The topological polar surface area (TPSA) is 86.7 Å². The van der Waals surface area contributed by atoms with Crippen LogP contribution in [0.3, 0.4) is 0 Å². The molecule has 0 fully saturated rings. The molecule has 2 amide bonds. The molecule has 3 rings (SSSR count). The molecule has 1 aromatic carbocycles. The smallest absolute Gasteiger partial charge is 0.288 e. The summed E-state index contributed by atoms with van der Waals surface area (Å²) >= 11 is 1.49. The lowest BCUT2D eigenvalue weighted by molar-refractivity contribution is -0.120. The van der Waals surface area contributed by atoms with E-state index in [2.05, 4.69) is 20.7 Å². The molecular weight excluding hydrogens is 326 g/mol. The van der Waals surface area contributed by atoms with Crippen LogP contribution in [0.15, 0.2) is 40.7 Å². The van der Waals surface area contributed by atoms with Gasteiger partial charge in [0.15, 0.2) is 0 Å². The molecule has 0 unspecified atom stereocenters. The molecule has 2 heterocycles. The summed E-state index contributed by atoms with van der Waals surface area (Å²) < 4.78 is 0. The zero-order valence-corrected chi connectivity index (χ0v) is 14.1. The fourth-order valence-electron chi connectivity index (χ4n) is 2.23. The number of thiazole rings is 1. The molecule has 1 aliphatic heterocycles. The number of carbonyl (C=O) groups is 2. The quantitative estimate of drug-likeness (QED) is 0.879. The van der Waals surface area contributed by atoms with Gasteiger partial charge in [-0.3, -0.25) is 15.0 Å². The summed E-state index contributed by atoms with van der Waals surface area (Å²) in [6.45, 7) is 3.89. The van der Waals surface area contributed by atoms with Crippen molar-refractivity contribution in [1.82, 2.24) is 15.7 Å². The maximum Gasteiger partial charge on any atom is 0.288 e. The van der Waals surface area contributed by atoms with Gasteiger partial charge in [0.05, 0.1) is 12.2 Å². The molecular formula is C16H17N5O2S. The molecule has 1 aliphatic rings. The summed E-state index contributed by atoms with van der Waals surface area (Å²) in [5.41, 5.74) is 4.38. The van der Waals surface area contributed by atoms with Crippen molar-refractivity contribution in [2.75, 3.05) is 5.01 Å². The Morgan fingerprint density at radius 2 is 2.12 bits per heavy atom. The van der Waals surface area contributed by atoms with Crippen LogP contribution >= 0.6 is 11.3 Å². The summed E-state index contributed by atoms with van der Waals surface area (Å²) in [5.74, 6) is -0.476. The lowest BCUT2D eigenvalue weighted by Crippen LogP contribution is -2.57. The number of carbonyl (C=O) groups excluding carboxylic acids is 2. The minimum atomic E-state index is -0.630. The number of anilines is 1. The highest BCUT2D eigenvalue weighted by atomic mass is 32.1. The Kier molecular flexibility index (Phi) is 4.57. The van der Waals surface area contributed by atoms with E-state index in [1.165, 1.54) is 16.3 Å². The second-order valence-corrected chi connectivity index (χ2v) is 6.28. The van der Waals surface area contributed by atoms with Crippen LogP contribution in [0.4, 0.5) is 5.69 Å². The van der Waals surface area contributed by atoms with Crippen molar-refractivity contribution in [3.8, 4) is 0 Å². The van der Waals surface area contributed by atoms with Crippen LogP contribution in [0.25, 0.3) is 0 Å². The van der Waals surface area contributed by atoms with Crippen LogP contribution in [0, 0.1) is 6.92 Å². The van der Waals surface area contributed by atoms with Gasteiger partial charge < -0.3 is 5.32 Å². The molecule has 2 aromatic rings. The van der Waals surface area contributed by atoms with Gasteiger partial charge in [0.2, 0.25) is 5.84 Å². The maximum atomic E-state index is 12.3. The molecule has 0 saturated heterocycles. The van der Waals surface area contributed by atoms with E-state index in [0.29, 0.717) is 12.2 Å². The number of rotatable bonds is 4. The van der Waals surface area contributed by atoms with Gasteiger partial charge in [-0.15, -0.1) is 11.3 Å². The van der Waals surface area contributed by atoms with Crippen LogP contribution in [-0.4, -0.2) is 28.7 Å². The molecule has 0 spiro atoms. The van der Waals surface area contributed by atoms with Gasteiger partial charge >= 0.3 is 0 Å². The van der Waals surface area contributed by atoms with Crippen LogP contribution in [0.2, 0.25) is 0 Å². The van der Waals surface area contributed by atoms with Crippen molar-refractivity contribution in [2.45, 2.75) is 26.4 Å². The highest BCUT2D eigenvalue weighted by Gasteiger charge is 2.30. The fraction of sp³-hybridized carbons (Fsp3) is 0.250. The van der Waals surface area contributed by atoms with Crippen molar-refractivity contribution >= 4 is 34.7 Å². The fourth-order valence-corrected chi connectivity index (χ4v) is 2.94. The van der Waals surface area contributed by atoms with E-state index < -0.39 is 6.04 Å². The van der Waals surface area contributed by atoms with Crippen LogP contribution in [0.1, 0.15) is 17.6 Å². The zero-order chi connectivity index (χ0) is 17.1. The van der Waals surface area contributed by atoms with Gasteiger partial charge in [0, 0.05) is 11.1 Å². The highest BCUT2D eigenvalue weighted by molar-refractivity contribution is 7.09. The molecule has 0 saturated carbocycles. The Morgan fingerprint density at radius 3 is 2.79 bits per heavy atom. The number of nitrogens with one attached hydrogen (secondary N) is 2. The van der Waals surface area contributed by atoms with Crippen molar-refractivity contribution < 1.29 is 9.59 Å². The van der Waals surface area contributed by atoms with Crippen molar-refractivity contribution in [2.24, 2.45) is 4.99 Å². The Balaban J connectivity index is 1.71. The number of amides is 2. The first-order valence-corrected chi connectivity index (χ1v) is 8.35. The maximum absolute atomic E-state index is 12.3. The van der Waals surface area contributed by atoms with Gasteiger partial charge in [-0.25, -0.2) is 15.0 Å². The number of para-hydroxylation sites is 1. The van der Waals surface area contributed by atoms with Crippen LogP contribution in [0.5, 0.6) is 0 Å². The molecule has 0 bridgehead atoms. The Labute approximate surface area is 143 Å². The van der Waals surface area contributed by atoms with Gasteiger partial charge in [0.1, 0.15) is 11.0 Å². The molecule has 0 aliphatic carbocycles. The van der Waals surface area contributed by atoms with Gasteiger partial charge in [0.25, 0.3) is 11.8 Å². The van der Waals surface area contributed by atoms with E-state index in [0.717, 1.165) is 10.7 Å². The third kappa shape index (κ3) is 3.43. The number of amidine groups is 1. The lowest BCUT2D eigenvalue weighted by Gasteiger charge is -2.30. The molecule has 8 heteroatoms. The number of hydrazine groups is 1. The largest absolute Gasteiger partial charge is 0.343 e. The van der Waals surface area contributed by atoms with E-state index in [-0.39, 0.29) is 17.6 Å². The highest BCUT2D eigenvalue weighted by Crippen LogP contribution is 2.16. The molecule has 1 aromatic heterocycles. The molecule has 7 nitrogen and oxygen atoms in total. The van der Waals surface area contributed by atoms with E-state index in [1.807, 2.05) is 30.5 Å². The average Bonchev–Trinajstić information content (AvgIpc) is 3.01. The summed E-state index contributed by atoms with van der Waals surface area (Å²) in [7, 11) is 0. The van der Waals surface area contributed by atoms with Gasteiger partial charge in [-0.05, 0) is 26.0 Å². The summed E-state index contributed by atoms with van der Waals surface area (Å²) in [6.07, 6.45) is 0. The molecule has 0 radical (unpaired) electrons. The van der Waals surface area contributed by atoms with E-state index in [9.17, 15) is 9.59 Å². The second-order valence-electron chi connectivity index (χ2n) is 5.34. The average molecular weight is 343 g/mol. The molecule has 24 heavy (non-hydrogen) atoms. The van der Waals surface area contributed by atoms with Crippen molar-refractivity contribution in [1.29, 1.82) is 0 Å². The van der Waals surface area contributed by atoms with Gasteiger partial charge in [-0.1, -0.05) is 18.2 Å². The number of benzene rings is 1. The predicted octanol–water partition coefficient (Wildman–Crippen LogP) is 1.41. The Morgan fingerprint density at radius 1 is 1.38 bits per heavy atom. The number of hydrogen-bond acceptors (Lipinski definition) is 6. The predicted molar refractivity (Wildman–Crippen MR) is 92.7 cm³/mol. The van der Waals surface area contributed by atoms with E-state index in [1.54, 1.807) is 19.1 Å². The van der Waals surface area contributed by atoms with Gasteiger partial charge in [-0.2, -0.15) is 0 Å².